The molecule has 5 nitrogen and oxygen atoms in total. The minimum Gasteiger partial charge on any atom is -0.383 e. The number of amides is 2. The van der Waals surface area contributed by atoms with Crippen molar-refractivity contribution in [3.05, 3.63) is 35.4 Å². The fourth-order valence-electron chi connectivity index (χ4n) is 2.75. The normalized spacial score (nSPS) is 15.6. The van der Waals surface area contributed by atoms with Crippen molar-refractivity contribution in [1.82, 2.24) is 10.2 Å². The van der Waals surface area contributed by atoms with Crippen LogP contribution in [-0.4, -0.2) is 50.1 Å². The molecule has 1 N–H and O–H groups in total. The van der Waals surface area contributed by atoms with Gasteiger partial charge in [-0.15, -0.1) is 0 Å². The Morgan fingerprint density at radius 3 is 2.59 bits per heavy atom. The molecule has 120 valence electrons. The molecule has 0 unspecified atom stereocenters. The van der Waals surface area contributed by atoms with Crippen LogP contribution >= 0.6 is 0 Å². The van der Waals surface area contributed by atoms with Crippen LogP contribution in [0.5, 0.6) is 0 Å². The number of piperidine rings is 1. The number of nitrogens with one attached hydrogen (secondary N) is 1. The second-order valence-corrected chi connectivity index (χ2v) is 5.67. The summed E-state index contributed by atoms with van der Waals surface area (Å²) in [5.41, 5.74) is 1.75. The molecule has 1 saturated heterocycles. The molecule has 0 radical (unpaired) electrons. The van der Waals surface area contributed by atoms with E-state index in [4.69, 9.17) is 4.74 Å². The summed E-state index contributed by atoms with van der Waals surface area (Å²) in [7, 11) is 1.61. The van der Waals surface area contributed by atoms with Gasteiger partial charge in [0.1, 0.15) is 0 Å². The van der Waals surface area contributed by atoms with Crippen LogP contribution in [0.4, 0.5) is 0 Å². The molecule has 0 bridgehead atoms. The van der Waals surface area contributed by atoms with E-state index < -0.39 is 0 Å². The molecule has 1 aliphatic heterocycles. The molecule has 1 aliphatic rings. The van der Waals surface area contributed by atoms with E-state index in [2.05, 4.69) is 5.32 Å². The third kappa shape index (κ3) is 4.07. The van der Waals surface area contributed by atoms with Crippen LogP contribution in [0.2, 0.25) is 0 Å². The molecule has 5 heteroatoms. The van der Waals surface area contributed by atoms with Gasteiger partial charge >= 0.3 is 0 Å². The zero-order valence-corrected chi connectivity index (χ0v) is 13.3. The number of carbonyl (C=O) groups excluding carboxylic acids is 2. The predicted molar refractivity (Wildman–Crippen MR) is 84.7 cm³/mol. The molecule has 1 aromatic rings. The van der Waals surface area contributed by atoms with E-state index in [1.165, 1.54) is 0 Å². The van der Waals surface area contributed by atoms with Crippen molar-refractivity contribution < 1.29 is 14.3 Å². The number of rotatable bonds is 5. The number of methoxy groups -OCH3 is 1. The largest absolute Gasteiger partial charge is 0.383 e. The lowest BCUT2D eigenvalue weighted by atomic mass is 9.95. The third-order valence-electron chi connectivity index (χ3n) is 4.13. The Balaban J connectivity index is 1.85. The van der Waals surface area contributed by atoms with Crippen molar-refractivity contribution in [3.63, 3.8) is 0 Å². The first kappa shape index (κ1) is 16.5. The van der Waals surface area contributed by atoms with Crippen LogP contribution in [-0.2, 0) is 9.53 Å². The molecule has 22 heavy (non-hydrogen) atoms. The van der Waals surface area contributed by atoms with Crippen LogP contribution in [0.15, 0.2) is 24.3 Å². The van der Waals surface area contributed by atoms with E-state index in [0.717, 1.165) is 24.0 Å². The molecule has 2 rings (SSSR count). The summed E-state index contributed by atoms with van der Waals surface area (Å²) in [6.45, 7) is 4.28. The SMILES string of the molecule is COCCNC(=O)C1CCN(C(=O)c2ccccc2C)CC1. The van der Waals surface area contributed by atoms with Gasteiger partial charge in [0.05, 0.1) is 6.61 Å². The van der Waals surface area contributed by atoms with Crippen LogP contribution in [0.25, 0.3) is 0 Å². The molecule has 1 aromatic carbocycles. The first-order valence-electron chi connectivity index (χ1n) is 7.75. The van der Waals surface area contributed by atoms with Crippen molar-refractivity contribution in [1.29, 1.82) is 0 Å². The molecule has 1 fully saturated rings. The number of ether oxygens (including phenoxy) is 1. The second kappa shape index (κ2) is 7.94. The first-order chi connectivity index (χ1) is 10.6. The lowest BCUT2D eigenvalue weighted by Gasteiger charge is -2.31. The van der Waals surface area contributed by atoms with Crippen molar-refractivity contribution in [2.45, 2.75) is 19.8 Å². The Bertz CT molecular complexity index is 522. The maximum atomic E-state index is 12.5. The Kier molecular flexibility index (Phi) is 5.95. The molecule has 0 saturated carbocycles. The van der Waals surface area contributed by atoms with Gasteiger partial charge in [-0.05, 0) is 31.4 Å². The number of hydrogen-bond acceptors (Lipinski definition) is 3. The fourth-order valence-corrected chi connectivity index (χ4v) is 2.75. The highest BCUT2D eigenvalue weighted by atomic mass is 16.5. The molecule has 1 heterocycles. The number of benzene rings is 1. The minimum absolute atomic E-state index is 0.00206. The molecule has 0 aliphatic carbocycles. The second-order valence-electron chi connectivity index (χ2n) is 5.67. The maximum absolute atomic E-state index is 12.5. The van der Waals surface area contributed by atoms with Crippen LogP contribution in [0, 0.1) is 12.8 Å². The van der Waals surface area contributed by atoms with E-state index in [1.54, 1.807) is 7.11 Å². The molecular weight excluding hydrogens is 280 g/mol. The summed E-state index contributed by atoms with van der Waals surface area (Å²) < 4.78 is 4.92. The number of aryl methyl sites for hydroxylation is 1. The van der Waals surface area contributed by atoms with Crippen LogP contribution in [0.1, 0.15) is 28.8 Å². The average molecular weight is 304 g/mol. The van der Waals surface area contributed by atoms with Crippen molar-refractivity contribution in [2.24, 2.45) is 5.92 Å². The maximum Gasteiger partial charge on any atom is 0.254 e. The van der Waals surface area contributed by atoms with Gasteiger partial charge in [0.25, 0.3) is 5.91 Å². The summed E-state index contributed by atoms with van der Waals surface area (Å²) >= 11 is 0. The highest BCUT2D eigenvalue weighted by Gasteiger charge is 2.27. The first-order valence-corrected chi connectivity index (χ1v) is 7.75. The average Bonchev–Trinajstić information content (AvgIpc) is 2.55. The zero-order chi connectivity index (χ0) is 15.9. The minimum atomic E-state index is -0.00206. The van der Waals surface area contributed by atoms with E-state index >= 15 is 0 Å². The van der Waals surface area contributed by atoms with Gasteiger partial charge in [0.2, 0.25) is 5.91 Å². The highest BCUT2D eigenvalue weighted by molar-refractivity contribution is 5.95. The van der Waals surface area contributed by atoms with Crippen LogP contribution < -0.4 is 5.32 Å². The Morgan fingerprint density at radius 1 is 1.27 bits per heavy atom. The summed E-state index contributed by atoms with van der Waals surface area (Å²) in [4.78, 5) is 26.4. The Hall–Kier alpha value is -1.88. The van der Waals surface area contributed by atoms with E-state index in [0.29, 0.717) is 26.2 Å². The van der Waals surface area contributed by atoms with Gasteiger partial charge in [0.15, 0.2) is 0 Å². The topological polar surface area (TPSA) is 58.6 Å². The molecule has 2 amide bonds. The van der Waals surface area contributed by atoms with Gasteiger partial charge in [-0.1, -0.05) is 18.2 Å². The summed E-state index contributed by atoms with van der Waals surface area (Å²) in [6, 6.07) is 7.63. The van der Waals surface area contributed by atoms with Crippen molar-refractivity contribution in [2.75, 3.05) is 33.4 Å². The summed E-state index contributed by atoms with van der Waals surface area (Å²) in [5.74, 6) is 0.133. The zero-order valence-electron chi connectivity index (χ0n) is 13.3. The lowest BCUT2D eigenvalue weighted by Crippen LogP contribution is -2.43. The van der Waals surface area contributed by atoms with E-state index in [1.807, 2.05) is 36.1 Å². The van der Waals surface area contributed by atoms with Gasteiger partial charge in [-0.3, -0.25) is 9.59 Å². The Morgan fingerprint density at radius 2 is 1.95 bits per heavy atom. The number of nitrogens with zero attached hydrogens (tertiary/aromatic N) is 1. The van der Waals surface area contributed by atoms with E-state index in [-0.39, 0.29) is 17.7 Å². The summed E-state index contributed by atoms with van der Waals surface area (Å²) in [5, 5.41) is 2.87. The number of carbonyl (C=O) groups is 2. The van der Waals surface area contributed by atoms with Crippen molar-refractivity contribution in [3.8, 4) is 0 Å². The number of hydrogen-bond donors (Lipinski definition) is 1. The van der Waals surface area contributed by atoms with Crippen molar-refractivity contribution >= 4 is 11.8 Å². The van der Waals surface area contributed by atoms with Gasteiger partial charge in [-0.25, -0.2) is 0 Å². The Labute approximate surface area is 131 Å². The van der Waals surface area contributed by atoms with Gasteiger partial charge in [-0.2, -0.15) is 0 Å². The van der Waals surface area contributed by atoms with Gasteiger partial charge in [0, 0.05) is 38.2 Å². The fraction of sp³-hybridized carbons (Fsp3) is 0.529. The molecular formula is C17H24N2O3. The smallest absolute Gasteiger partial charge is 0.254 e. The molecule has 0 atom stereocenters. The quantitative estimate of drug-likeness (QED) is 0.841. The lowest BCUT2D eigenvalue weighted by molar-refractivity contribution is -0.126. The predicted octanol–water partition coefficient (Wildman–Crippen LogP) is 1.61. The van der Waals surface area contributed by atoms with Crippen LogP contribution in [0.3, 0.4) is 0 Å². The highest BCUT2D eigenvalue weighted by Crippen LogP contribution is 2.20. The van der Waals surface area contributed by atoms with E-state index in [9.17, 15) is 9.59 Å². The number of likely N-dealkylation sites (tertiary alicyclic amines) is 1. The third-order valence-corrected chi connectivity index (χ3v) is 4.13. The molecule has 0 aromatic heterocycles. The summed E-state index contributed by atoms with van der Waals surface area (Å²) in [6.07, 6.45) is 1.44. The van der Waals surface area contributed by atoms with Gasteiger partial charge < -0.3 is 15.0 Å². The monoisotopic (exact) mass is 304 g/mol. The molecule has 0 spiro atoms. The standard InChI is InChI=1S/C17H24N2O3/c1-13-5-3-4-6-15(13)17(21)19-10-7-14(8-11-19)16(20)18-9-12-22-2/h3-6,14H,7-12H2,1-2H3,(H,18,20).